The van der Waals surface area contributed by atoms with Crippen LogP contribution >= 0.6 is 49.9 Å². The molecule has 0 aliphatic carbocycles. The van der Waals surface area contributed by atoms with Gasteiger partial charge >= 0.3 is 0 Å². The van der Waals surface area contributed by atoms with E-state index in [-0.39, 0.29) is 5.91 Å². The molecule has 20 heavy (non-hydrogen) atoms. The molecule has 1 heterocycles. The van der Waals surface area contributed by atoms with Crippen molar-refractivity contribution in [3.63, 3.8) is 0 Å². The third kappa shape index (κ3) is 5.16. The molecule has 0 unspecified atom stereocenters. The highest BCUT2D eigenvalue weighted by Gasteiger charge is 2.08. The van der Waals surface area contributed by atoms with Crippen LogP contribution in [0.15, 0.2) is 40.2 Å². The second kappa shape index (κ2) is 7.53. The zero-order chi connectivity index (χ0) is 14.5. The number of carbonyl (C=O) groups excluding carboxylic acids is 1. The third-order valence-electron chi connectivity index (χ3n) is 2.59. The summed E-state index contributed by atoms with van der Waals surface area (Å²) in [7, 11) is 1.95. The summed E-state index contributed by atoms with van der Waals surface area (Å²) in [5, 5.41) is 4.95. The van der Waals surface area contributed by atoms with Gasteiger partial charge in [0.2, 0.25) is 5.91 Å². The summed E-state index contributed by atoms with van der Waals surface area (Å²) in [4.78, 5) is 15.2. The fourth-order valence-electron chi connectivity index (χ4n) is 1.74. The van der Waals surface area contributed by atoms with Crippen molar-refractivity contribution < 1.29 is 4.79 Å². The number of benzene rings is 1. The Hall–Kier alpha value is -0.440. The first-order valence-electron chi connectivity index (χ1n) is 6.00. The Balaban J connectivity index is 1.83. The van der Waals surface area contributed by atoms with Gasteiger partial charge in [-0.15, -0.1) is 11.3 Å². The predicted molar refractivity (Wildman–Crippen MR) is 96.1 cm³/mol. The lowest BCUT2D eigenvalue weighted by atomic mass is 10.3. The molecule has 0 fully saturated rings. The van der Waals surface area contributed by atoms with E-state index < -0.39 is 0 Å². The van der Waals surface area contributed by atoms with Crippen LogP contribution < -0.4 is 5.32 Å². The molecule has 3 nitrogen and oxygen atoms in total. The Labute approximate surface area is 144 Å². The van der Waals surface area contributed by atoms with Gasteiger partial charge < -0.3 is 5.32 Å². The van der Waals surface area contributed by atoms with Crippen molar-refractivity contribution in [1.29, 1.82) is 0 Å². The molecule has 0 aliphatic rings. The number of nitrogens with zero attached hydrogens (tertiary/aromatic N) is 1. The molecule has 1 N–H and O–H groups in total. The molecule has 0 saturated heterocycles. The first-order valence-corrected chi connectivity index (χ1v) is 8.75. The molecule has 2 aromatic rings. The lowest BCUT2D eigenvalue weighted by Crippen LogP contribution is -2.29. The number of hydrogen-bond acceptors (Lipinski definition) is 3. The molecule has 0 saturated carbocycles. The van der Waals surface area contributed by atoms with Crippen LogP contribution in [0.4, 0.5) is 5.69 Å². The van der Waals surface area contributed by atoms with E-state index >= 15 is 0 Å². The van der Waals surface area contributed by atoms with E-state index in [9.17, 15) is 4.79 Å². The van der Waals surface area contributed by atoms with E-state index in [4.69, 9.17) is 0 Å². The van der Waals surface area contributed by atoms with Gasteiger partial charge in [-0.1, -0.05) is 0 Å². The Bertz CT molecular complexity index is 585. The molecule has 6 heteroatoms. The van der Waals surface area contributed by atoms with Crippen molar-refractivity contribution in [3.05, 3.63) is 48.6 Å². The quantitative estimate of drug-likeness (QED) is 0.673. The normalized spacial score (nSPS) is 10.8. The first kappa shape index (κ1) is 15.9. The predicted octanol–water partition coefficient (Wildman–Crippen LogP) is 4.19. The molecule has 0 radical (unpaired) electrons. The third-order valence-corrected chi connectivity index (χ3v) is 4.99. The van der Waals surface area contributed by atoms with Crippen LogP contribution in [0.1, 0.15) is 4.88 Å². The minimum atomic E-state index is 0.00401. The van der Waals surface area contributed by atoms with Crippen molar-refractivity contribution in [2.24, 2.45) is 0 Å². The zero-order valence-corrected chi connectivity index (χ0v) is 15.5. The Morgan fingerprint density at radius 1 is 1.40 bits per heavy atom. The Morgan fingerprint density at radius 2 is 2.10 bits per heavy atom. The highest BCUT2D eigenvalue weighted by Crippen LogP contribution is 2.20. The van der Waals surface area contributed by atoms with E-state index in [0.29, 0.717) is 6.54 Å². The summed E-state index contributed by atoms with van der Waals surface area (Å²) in [6, 6.07) is 9.86. The number of anilines is 1. The van der Waals surface area contributed by atoms with Crippen molar-refractivity contribution in [2.45, 2.75) is 6.54 Å². The van der Waals surface area contributed by atoms with Crippen LogP contribution in [-0.4, -0.2) is 24.4 Å². The molecule has 0 spiro atoms. The summed E-state index contributed by atoms with van der Waals surface area (Å²) >= 11 is 7.37. The van der Waals surface area contributed by atoms with E-state index in [1.165, 1.54) is 4.88 Å². The smallest absolute Gasteiger partial charge is 0.238 e. The number of carbonyl (C=O) groups is 1. The number of thiophene rings is 1. The maximum absolute atomic E-state index is 11.9. The van der Waals surface area contributed by atoms with E-state index in [2.05, 4.69) is 55.3 Å². The van der Waals surface area contributed by atoms with Crippen LogP contribution in [0.25, 0.3) is 0 Å². The minimum absolute atomic E-state index is 0.00401. The Morgan fingerprint density at radius 3 is 2.70 bits per heavy atom. The van der Waals surface area contributed by atoms with Gasteiger partial charge in [0.05, 0.1) is 6.54 Å². The maximum Gasteiger partial charge on any atom is 0.238 e. The summed E-state index contributed by atoms with van der Waals surface area (Å²) in [6.45, 7) is 1.15. The van der Waals surface area contributed by atoms with Crippen LogP contribution in [0, 0.1) is 3.57 Å². The molecule has 1 aromatic carbocycles. The average molecular weight is 465 g/mol. The van der Waals surface area contributed by atoms with Crippen LogP contribution in [0.5, 0.6) is 0 Å². The second-order valence-electron chi connectivity index (χ2n) is 4.46. The summed E-state index contributed by atoms with van der Waals surface area (Å²) in [5.41, 5.74) is 0.836. The summed E-state index contributed by atoms with van der Waals surface area (Å²) in [5.74, 6) is 0.00401. The summed E-state index contributed by atoms with van der Waals surface area (Å²) in [6.07, 6.45) is 0. The van der Waals surface area contributed by atoms with Gasteiger partial charge in [-0.3, -0.25) is 9.69 Å². The standard InChI is InChI=1S/C14H14BrIN2OS/c1-18(7-13-6-10(15)9-20-13)8-14(19)17-12-4-2-11(16)3-5-12/h2-6,9H,7-8H2,1H3,(H,17,19). The van der Waals surface area contributed by atoms with E-state index in [0.717, 1.165) is 20.3 Å². The van der Waals surface area contributed by atoms with Crippen molar-refractivity contribution >= 4 is 61.5 Å². The Kier molecular flexibility index (Phi) is 6.01. The maximum atomic E-state index is 11.9. The van der Waals surface area contributed by atoms with Crippen LogP contribution in [0.3, 0.4) is 0 Å². The minimum Gasteiger partial charge on any atom is -0.325 e. The van der Waals surface area contributed by atoms with E-state index in [1.807, 2.05) is 36.2 Å². The molecule has 106 valence electrons. The number of rotatable bonds is 5. The molecule has 1 amide bonds. The molecule has 0 bridgehead atoms. The summed E-state index contributed by atoms with van der Waals surface area (Å²) < 4.78 is 2.25. The van der Waals surface area contributed by atoms with Gasteiger partial charge in [0.1, 0.15) is 0 Å². The fraction of sp³-hybridized carbons (Fsp3) is 0.214. The monoisotopic (exact) mass is 464 g/mol. The van der Waals surface area contributed by atoms with Gasteiger partial charge in [0.15, 0.2) is 0 Å². The largest absolute Gasteiger partial charge is 0.325 e. The lowest BCUT2D eigenvalue weighted by molar-refractivity contribution is -0.117. The fourth-order valence-corrected chi connectivity index (χ4v) is 3.63. The van der Waals surface area contributed by atoms with Gasteiger partial charge in [-0.05, 0) is 75.9 Å². The number of nitrogens with one attached hydrogen (secondary N) is 1. The SMILES string of the molecule is CN(CC(=O)Nc1ccc(I)cc1)Cc1cc(Br)cs1. The average Bonchev–Trinajstić information content (AvgIpc) is 2.77. The van der Waals surface area contributed by atoms with Gasteiger partial charge in [-0.2, -0.15) is 0 Å². The second-order valence-corrected chi connectivity index (χ2v) is 7.62. The number of halogens is 2. The molecular formula is C14H14BrIN2OS. The van der Waals surface area contributed by atoms with Crippen molar-refractivity contribution in [1.82, 2.24) is 4.90 Å². The molecule has 2 rings (SSSR count). The highest BCUT2D eigenvalue weighted by molar-refractivity contribution is 14.1. The number of likely N-dealkylation sites (N-methyl/N-ethyl adjacent to an activating group) is 1. The topological polar surface area (TPSA) is 32.3 Å². The van der Waals surface area contributed by atoms with E-state index in [1.54, 1.807) is 11.3 Å². The highest BCUT2D eigenvalue weighted by atomic mass is 127. The van der Waals surface area contributed by atoms with Crippen LogP contribution in [-0.2, 0) is 11.3 Å². The number of amides is 1. The van der Waals surface area contributed by atoms with Crippen molar-refractivity contribution in [2.75, 3.05) is 18.9 Å². The molecule has 1 aromatic heterocycles. The van der Waals surface area contributed by atoms with Crippen molar-refractivity contribution in [3.8, 4) is 0 Å². The van der Waals surface area contributed by atoms with Gasteiger partial charge in [-0.25, -0.2) is 0 Å². The van der Waals surface area contributed by atoms with Crippen LogP contribution in [0.2, 0.25) is 0 Å². The lowest BCUT2D eigenvalue weighted by Gasteiger charge is -2.15. The molecular weight excluding hydrogens is 451 g/mol. The number of hydrogen-bond donors (Lipinski definition) is 1. The zero-order valence-electron chi connectivity index (χ0n) is 10.9. The van der Waals surface area contributed by atoms with Gasteiger partial charge in [0.25, 0.3) is 0 Å². The molecule has 0 atom stereocenters. The molecule has 0 aliphatic heterocycles. The first-order chi connectivity index (χ1) is 9.52. The van der Waals surface area contributed by atoms with Gasteiger partial charge in [0, 0.05) is 30.5 Å².